The van der Waals surface area contributed by atoms with Crippen molar-refractivity contribution in [3.05, 3.63) is 77.6 Å². The van der Waals surface area contributed by atoms with Crippen LogP contribution >= 0.6 is 0 Å². The van der Waals surface area contributed by atoms with Gasteiger partial charge in [0.15, 0.2) is 0 Å². The summed E-state index contributed by atoms with van der Waals surface area (Å²) in [5.41, 5.74) is 5.24. The number of H-pyrrole nitrogens is 1. The van der Waals surface area contributed by atoms with Crippen LogP contribution in [0.15, 0.2) is 60.8 Å². The SMILES string of the molecule is O=C(NCc1ccccc1-c1ccc(CN2CCCC2)cc1)c1ccn[nH]1. The Morgan fingerprint density at radius 1 is 1.04 bits per heavy atom. The molecule has 3 aromatic rings. The van der Waals surface area contributed by atoms with Gasteiger partial charge in [0.05, 0.1) is 0 Å². The van der Waals surface area contributed by atoms with Gasteiger partial charge in [0.1, 0.15) is 5.69 Å². The zero-order valence-corrected chi connectivity index (χ0v) is 15.3. The Kier molecular flexibility index (Phi) is 5.30. The quantitative estimate of drug-likeness (QED) is 0.706. The first-order chi connectivity index (χ1) is 13.3. The van der Waals surface area contributed by atoms with Crippen molar-refractivity contribution in [1.29, 1.82) is 0 Å². The molecule has 1 amide bonds. The third-order valence-corrected chi connectivity index (χ3v) is 5.07. The number of aromatic amines is 1. The Bertz CT molecular complexity index is 881. The average molecular weight is 360 g/mol. The van der Waals surface area contributed by atoms with Gasteiger partial charge in [0.25, 0.3) is 5.91 Å². The molecular formula is C22H24N4O. The number of likely N-dealkylation sites (tertiary alicyclic amines) is 1. The highest BCUT2D eigenvalue weighted by Crippen LogP contribution is 2.25. The lowest BCUT2D eigenvalue weighted by atomic mass is 9.98. The van der Waals surface area contributed by atoms with Gasteiger partial charge in [-0.1, -0.05) is 48.5 Å². The summed E-state index contributed by atoms with van der Waals surface area (Å²) in [4.78, 5) is 14.7. The summed E-state index contributed by atoms with van der Waals surface area (Å²) in [6, 6.07) is 18.7. The third kappa shape index (κ3) is 4.26. The van der Waals surface area contributed by atoms with Crippen molar-refractivity contribution in [2.45, 2.75) is 25.9 Å². The summed E-state index contributed by atoms with van der Waals surface area (Å²) < 4.78 is 0. The number of benzene rings is 2. The number of rotatable bonds is 6. The molecule has 2 heterocycles. The molecule has 0 unspecified atom stereocenters. The summed E-state index contributed by atoms with van der Waals surface area (Å²) >= 11 is 0. The van der Waals surface area contributed by atoms with Crippen LogP contribution in [-0.2, 0) is 13.1 Å². The Morgan fingerprint density at radius 2 is 1.81 bits per heavy atom. The van der Waals surface area contributed by atoms with E-state index in [4.69, 9.17) is 0 Å². The van der Waals surface area contributed by atoms with Crippen LogP contribution in [0, 0.1) is 0 Å². The number of carbonyl (C=O) groups is 1. The van der Waals surface area contributed by atoms with E-state index in [-0.39, 0.29) is 5.91 Å². The average Bonchev–Trinajstić information content (AvgIpc) is 3.41. The minimum atomic E-state index is -0.150. The van der Waals surface area contributed by atoms with Crippen LogP contribution in [0.25, 0.3) is 11.1 Å². The molecule has 5 heteroatoms. The molecule has 1 aliphatic heterocycles. The fourth-order valence-corrected chi connectivity index (χ4v) is 3.60. The van der Waals surface area contributed by atoms with Gasteiger partial charge >= 0.3 is 0 Å². The van der Waals surface area contributed by atoms with Crippen LogP contribution in [0.3, 0.4) is 0 Å². The minimum absolute atomic E-state index is 0.150. The molecule has 5 nitrogen and oxygen atoms in total. The minimum Gasteiger partial charge on any atom is -0.347 e. The first-order valence-electron chi connectivity index (χ1n) is 9.47. The smallest absolute Gasteiger partial charge is 0.269 e. The van der Waals surface area contributed by atoms with E-state index >= 15 is 0 Å². The highest BCUT2D eigenvalue weighted by atomic mass is 16.1. The Morgan fingerprint density at radius 3 is 2.56 bits per heavy atom. The summed E-state index contributed by atoms with van der Waals surface area (Å²) in [5, 5.41) is 9.46. The first kappa shape index (κ1) is 17.5. The number of amides is 1. The number of aromatic nitrogens is 2. The van der Waals surface area contributed by atoms with E-state index < -0.39 is 0 Å². The van der Waals surface area contributed by atoms with Gasteiger partial charge in [-0.15, -0.1) is 0 Å². The lowest BCUT2D eigenvalue weighted by molar-refractivity contribution is 0.0946. The summed E-state index contributed by atoms with van der Waals surface area (Å²) in [5.74, 6) is -0.150. The molecule has 0 atom stereocenters. The number of nitrogens with zero attached hydrogens (tertiary/aromatic N) is 2. The van der Waals surface area contributed by atoms with Gasteiger partial charge < -0.3 is 5.32 Å². The Balaban J connectivity index is 1.46. The maximum atomic E-state index is 12.1. The van der Waals surface area contributed by atoms with Gasteiger partial charge in [-0.25, -0.2) is 0 Å². The molecule has 2 aromatic carbocycles. The molecule has 0 saturated carbocycles. The highest BCUT2D eigenvalue weighted by molar-refractivity contribution is 5.92. The maximum absolute atomic E-state index is 12.1. The number of carbonyl (C=O) groups excluding carboxylic acids is 1. The van der Waals surface area contributed by atoms with Crippen molar-refractivity contribution in [3.8, 4) is 11.1 Å². The molecule has 0 radical (unpaired) electrons. The predicted molar refractivity (Wildman–Crippen MR) is 106 cm³/mol. The van der Waals surface area contributed by atoms with Crippen LogP contribution in [-0.4, -0.2) is 34.1 Å². The second-order valence-electron chi connectivity index (χ2n) is 6.99. The third-order valence-electron chi connectivity index (χ3n) is 5.07. The van der Waals surface area contributed by atoms with E-state index in [1.54, 1.807) is 12.3 Å². The second kappa shape index (κ2) is 8.18. The summed E-state index contributed by atoms with van der Waals surface area (Å²) in [6.45, 7) is 3.92. The maximum Gasteiger partial charge on any atom is 0.269 e. The van der Waals surface area contributed by atoms with Crippen molar-refractivity contribution >= 4 is 5.91 Å². The molecule has 2 N–H and O–H groups in total. The second-order valence-corrected chi connectivity index (χ2v) is 6.99. The molecule has 138 valence electrons. The fourth-order valence-electron chi connectivity index (χ4n) is 3.60. The normalized spacial score (nSPS) is 14.4. The van der Waals surface area contributed by atoms with Gasteiger partial charge in [-0.05, 0) is 54.3 Å². The largest absolute Gasteiger partial charge is 0.347 e. The van der Waals surface area contributed by atoms with Crippen LogP contribution in [0.2, 0.25) is 0 Å². The van der Waals surface area contributed by atoms with Crippen molar-refractivity contribution in [2.24, 2.45) is 0 Å². The Labute approximate surface area is 159 Å². The van der Waals surface area contributed by atoms with E-state index in [0.29, 0.717) is 12.2 Å². The number of hydrogen-bond acceptors (Lipinski definition) is 3. The molecule has 1 saturated heterocycles. The lowest BCUT2D eigenvalue weighted by Gasteiger charge is -2.15. The molecule has 0 aliphatic carbocycles. The monoisotopic (exact) mass is 360 g/mol. The summed E-state index contributed by atoms with van der Waals surface area (Å²) in [7, 11) is 0. The van der Waals surface area contributed by atoms with Gasteiger partial charge in [-0.3, -0.25) is 14.8 Å². The molecule has 1 fully saturated rings. The topological polar surface area (TPSA) is 61.0 Å². The molecule has 0 bridgehead atoms. The van der Waals surface area contributed by atoms with Crippen LogP contribution in [0.1, 0.15) is 34.5 Å². The van der Waals surface area contributed by atoms with Crippen LogP contribution in [0.4, 0.5) is 0 Å². The van der Waals surface area contributed by atoms with E-state index in [1.807, 2.05) is 12.1 Å². The zero-order chi connectivity index (χ0) is 18.5. The van der Waals surface area contributed by atoms with Gasteiger partial charge in [-0.2, -0.15) is 5.10 Å². The molecule has 27 heavy (non-hydrogen) atoms. The van der Waals surface area contributed by atoms with E-state index in [2.05, 4.69) is 56.8 Å². The highest BCUT2D eigenvalue weighted by Gasteiger charge is 2.12. The van der Waals surface area contributed by atoms with Crippen LogP contribution in [0.5, 0.6) is 0 Å². The Hall–Kier alpha value is -2.92. The van der Waals surface area contributed by atoms with E-state index in [9.17, 15) is 4.79 Å². The number of hydrogen-bond donors (Lipinski definition) is 2. The van der Waals surface area contributed by atoms with Crippen LogP contribution < -0.4 is 5.32 Å². The summed E-state index contributed by atoms with van der Waals surface area (Å²) in [6.07, 6.45) is 4.21. The molecule has 1 aliphatic rings. The van der Waals surface area contributed by atoms with E-state index in [1.165, 1.54) is 37.1 Å². The van der Waals surface area contributed by atoms with Crippen molar-refractivity contribution in [3.63, 3.8) is 0 Å². The number of nitrogens with one attached hydrogen (secondary N) is 2. The molecule has 1 aromatic heterocycles. The van der Waals surface area contributed by atoms with Gasteiger partial charge in [0, 0.05) is 19.3 Å². The lowest BCUT2D eigenvalue weighted by Crippen LogP contribution is -2.23. The fraction of sp³-hybridized carbons (Fsp3) is 0.273. The molecule has 0 spiro atoms. The van der Waals surface area contributed by atoms with Gasteiger partial charge in [0.2, 0.25) is 0 Å². The molecular weight excluding hydrogens is 336 g/mol. The van der Waals surface area contributed by atoms with E-state index in [0.717, 1.165) is 17.7 Å². The van der Waals surface area contributed by atoms with Crippen molar-refractivity contribution in [2.75, 3.05) is 13.1 Å². The first-order valence-corrected chi connectivity index (χ1v) is 9.47. The molecule has 4 rings (SSSR count). The van der Waals surface area contributed by atoms with Crippen molar-refractivity contribution in [1.82, 2.24) is 20.4 Å². The standard InChI is InChI=1S/C22H24N4O/c27-22(21-11-12-24-25-21)23-15-19-5-1-2-6-20(19)18-9-7-17(8-10-18)16-26-13-3-4-14-26/h1-2,5-12H,3-4,13-16H2,(H,23,27)(H,24,25). The predicted octanol–water partition coefficient (Wildman–Crippen LogP) is 3.60. The zero-order valence-electron chi connectivity index (χ0n) is 15.3. The van der Waals surface area contributed by atoms with Crippen molar-refractivity contribution < 1.29 is 4.79 Å².